The summed E-state index contributed by atoms with van der Waals surface area (Å²) in [5.74, 6) is 0.400. The number of ether oxygens (including phenoxy) is 3. The summed E-state index contributed by atoms with van der Waals surface area (Å²) >= 11 is 0. The first kappa shape index (κ1) is 32.6. The highest BCUT2D eigenvalue weighted by atomic mass is 16.6. The molecule has 0 saturated carbocycles. The zero-order chi connectivity index (χ0) is 27.1. The number of carbonyl (C=O) groups is 1. The average molecular weight is 533 g/mol. The second-order valence-electron chi connectivity index (χ2n) is 11.0. The Hall–Kier alpha value is -1.66. The number of likely N-dealkylation sites (N-methyl/N-ethyl adjacent to an activating group) is 1. The highest BCUT2D eigenvalue weighted by Gasteiger charge is 2.27. The Morgan fingerprint density at radius 3 is 2.18 bits per heavy atom. The molecule has 6 heteroatoms. The van der Waals surface area contributed by atoms with E-state index in [-0.39, 0.29) is 12.2 Å². The molecule has 0 spiro atoms. The third-order valence-electron chi connectivity index (χ3n) is 7.56. The Kier molecular flexibility index (Phi) is 19.0. The van der Waals surface area contributed by atoms with Crippen LogP contribution in [0.1, 0.15) is 116 Å². The van der Waals surface area contributed by atoms with Crippen LogP contribution in [0.4, 0.5) is 4.79 Å². The molecule has 1 aliphatic rings. The van der Waals surface area contributed by atoms with Crippen LogP contribution in [0.2, 0.25) is 0 Å². The lowest BCUT2D eigenvalue weighted by atomic mass is 10.0. The Bertz CT molecular complexity index is 687. The minimum absolute atomic E-state index is 0.0249. The second kappa shape index (κ2) is 22.2. The molecule has 0 bridgehead atoms. The van der Waals surface area contributed by atoms with Crippen molar-refractivity contribution in [3.8, 4) is 0 Å². The molecule has 1 aliphatic heterocycles. The SMILES string of the molecule is CCCCCCCCCCCCCCCCOC[C@H]1CO[C@H](COC(=O)N(CC)CCc2ccccn2)C1. The van der Waals surface area contributed by atoms with Gasteiger partial charge in [-0.1, -0.05) is 96.5 Å². The third-order valence-corrected chi connectivity index (χ3v) is 7.56. The molecule has 1 saturated heterocycles. The molecule has 0 radical (unpaired) electrons. The van der Waals surface area contributed by atoms with Gasteiger partial charge in [-0.05, 0) is 31.9 Å². The van der Waals surface area contributed by atoms with Crippen molar-refractivity contribution in [1.29, 1.82) is 0 Å². The Balaban J connectivity index is 1.38. The zero-order valence-corrected chi connectivity index (χ0v) is 24.5. The number of amides is 1. The van der Waals surface area contributed by atoms with Gasteiger partial charge in [-0.15, -0.1) is 0 Å². The van der Waals surface area contributed by atoms with Crippen molar-refractivity contribution in [2.24, 2.45) is 5.92 Å². The molecule has 1 fully saturated rings. The summed E-state index contributed by atoms with van der Waals surface area (Å²) in [4.78, 5) is 18.5. The number of carbonyl (C=O) groups excluding carboxylic acids is 1. The molecule has 1 aromatic rings. The Labute approximate surface area is 233 Å². The summed E-state index contributed by atoms with van der Waals surface area (Å²) in [6.45, 7) is 8.07. The molecular formula is C32H56N2O4. The quantitative estimate of drug-likeness (QED) is 0.134. The molecule has 0 unspecified atom stereocenters. The van der Waals surface area contributed by atoms with Crippen LogP contribution >= 0.6 is 0 Å². The first-order valence-corrected chi connectivity index (χ1v) is 15.7. The smallest absolute Gasteiger partial charge is 0.409 e. The molecular weight excluding hydrogens is 476 g/mol. The molecule has 0 aromatic carbocycles. The summed E-state index contributed by atoms with van der Waals surface area (Å²) in [5, 5.41) is 0. The number of nitrogens with zero attached hydrogens (tertiary/aromatic N) is 2. The van der Waals surface area contributed by atoms with Crippen LogP contribution in [0, 0.1) is 5.92 Å². The van der Waals surface area contributed by atoms with Crippen LogP contribution in [0.15, 0.2) is 24.4 Å². The fourth-order valence-corrected chi connectivity index (χ4v) is 5.09. The number of pyridine rings is 1. The van der Waals surface area contributed by atoms with Gasteiger partial charge in [-0.25, -0.2) is 4.79 Å². The van der Waals surface area contributed by atoms with Gasteiger partial charge < -0.3 is 19.1 Å². The van der Waals surface area contributed by atoms with Crippen LogP contribution in [0.25, 0.3) is 0 Å². The molecule has 218 valence electrons. The van der Waals surface area contributed by atoms with Crippen molar-refractivity contribution in [3.05, 3.63) is 30.1 Å². The van der Waals surface area contributed by atoms with E-state index in [0.29, 0.717) is 32.2 Å². The van der Waals surface area contributed by atoms with Crippen LogP contribution in [-0.4, -0.2) is 61.6 Å². The van der Waals surface area contributed by atoms with Gasteiger partial charge in [-0.2, -0.15) is 0 Å². The van der Waals surface area contributed by atoms with E-state index in [1.54, 1.807) is 11.1 Å². The maximum Gasteiger partial charge on any atom is 0.409 e. The molecule has 2 heterocycles. The first-order chi connectivity index (χ1) is 18.7. The van der Waals surface area contributed by atoms with Crippen molar-refractivity contribution >= 4 is 6.09 Å². The Morgan fingerprint density at radius 2 is 1.58 bits per heavy atom. The van der Waals surface area contributed by atoms with Crippen molar-refractivity contribution in [1.82, 2.24) is 9.88 Å². The fraction of sp³-hybridized carbons (Fsp3) is 0.812. The van der Waals surface area contributed by atoms with Crippen LogP contribution < -0.4 is 0 Å². The van der Waals surface area contributed by atoms with E-state index >= 15 is 0 Å². The lowest BCUT2D eigenvalue weighted by Crippen LogP contribution is -2.35. The van der Waals surface area contributed by atoms with Gasteiger partial charge >= 0.3 is 6.09 Å². The topological polar surface area (TPSA) is 60.9 Å². The largest absolute Gasteiger partial charge is 0.447 e. The number of aromatic nitrogens is 1. The minimum atomic E-state index is -0.274. The first-order valence-electron chi connectivity index (χ1n) is 15.7. The molecule has 0 aliphatic carbocycles. The number of hydrogen-bond acceptors (Lipinski definition) is 5. The maximum atomic E-state index is 12.5. The van der Waals surface area contributed by atoms with E-state index in [1.807, 2.05) is 25.1 Å². The number of rotatable bonds is 23. The summed E-state index contributed by atoms with van der Waals surface area (Å²) in [5.41, 5.74) is 0.981. The number of hydrogen-bond donors (Lipinski definition) is 0. The molecule has 2 rings (SSSR count). The summed E-state index contributed by atoms with van der Waals surface area (Å²) < 4.78 is 17.3. The monoisotopic (exact) mass is 532 g/mol. The third kappa shape index (κ3) is 15.7. The Morgan fingerprint density at radius 1 is 0.921 bits per heavy atom. The maximum absolute atomic E-state index is 12.5. The van der Waals surface area contributed by atoms with Gasteiger partial charge in [0.25, 0.3) is 0 Å². The lowest BCUT2D eigenvalue weighted by Gasteiger charge is -2.21. The van der Waals surface area contributed by atoms with Gasteiger partial charge in [-0.3, -0.25) is 4.98 Å². The van der Waals surface area contributed by atoms with Crippen LogP contribution in [0.3, 0.4) is 0 Å². The van der Waals surface area contributed by atoms with E-state index in [9.17, 15) is 4.79 Å². The van der Waals surface area contributed by atoms with Gasteiger partial charge in [0.05, 0.1) is 19.3 Å². The minimum Gasteiger partial charge on any atom is -0.447 e. The molecule has 2 atom stereocenters. The summed E-state index contributed by atoms with van der Waals surface area (Å²) in [6, 6.07) is 5.84. The van der Waals surface area contributed by atoms with Gasteiger partial charge in [0, 0.05) is 43.9 Å². The second-order valence-corrected chi connectivity index (χ2v) is 11.0. The van der Waals surface area contributed by atoms with Crippen molar-refractivity contribution in [3.63, 3.8) is 0 Å². The van der Waals surface area contributed by atoms with Gasteiger partial charge in [0.15, 0.2) is 0 Å². The fourth-order valence-electron chi connectivity index (χ4n) is 5.09. The average Bonchev–Trinajstić information content (AvgIpc) is 3.40. The van der Waals surface area contributed by atoms with E-state index < -0.39 is 0 Å². The predicted molar refractivity (Wildman–Crippen MR) is 156 cm³/mol. The summed E-state index contributed by atoms with van der Waals surface area (Å²) in [6.07, 6.45) is 22.4. The predicted octanol–water partition coefficient (Wildman–Crippen LogP) is 7.99. The molecule has 1 amide bonds. The van der Waals surface area contributed by atoms with E-state index in [1.165, 1.54) is 83.5 Å². The van der Waals surface area contributed by atoms with Crippen molar-refractivity contribution in [2.75, 3.05) is 39.5 Å². The van der Waals surface area contributed by atoms with E-state index in [4.69, 9.17) is 14.2 Å². The standard InChI is InChI=1S/C32H56N2O4/c1-3-5-6-7-8-9-10-11-12-13-14-15-16-19-24-36-26-29-25-31(37-27-29)28-38-32(35)34(4-2)23-21-30-20-17-18-22-33-30/h17-18,20,22,29,31H,3-16,19,21,23-28H2,1-2H3/t29-,31-/m0/s1. The molecule has 38 heavy (non-hydrogen) atoms. The van der Waals surface area contributed by atoms with Crippen LogP contribution in [0.5, 0.6) is 0 Å². The highest BCUT2D eigenvalue weighted by Crippen LogP contribution is 2.21. The molecule has 6 nitrogen and oxygen atoms in total. The van der Waals surface area contributed by atoms with Gasteiger partial charge in [0.2, 0.25) is 0 Å². The number of unbranched alkanes of at least 4 members (excludes halogenated alkanes) is 13. The molecule has 0 N–H and O–H groups in total. The van der Waals surface area contributed by atoms with Crippen molar-refractivity contribution < 1.29 is 19.0 Å². The summed E-state index contributed by atoms with van der Waals surface area (Å²) in [7, 11) is 0. The highest BCUT2D eigenvalue weighted by molar-refractivity contribution is 5.67. The van der Waals surface area contributed by atoms with Gasteiger partial charge in [0.1, 0.15) is 6.61 Å². The van der Waals surface area contributed by atoms with Crippen molar-refractivity contribution in [2.45, 2.75) is 123 Å². The normalized spacial score (nSPS) is 17.1. The lowest BCUT2D eigenvalue weighted by molar-refractivity contribution is 0.0278. The zero-order valence-electron chi connectivity index (χ0n) is 24.5. The molecule has 1 aromatic heterocycles. The van der Waals surface area contributed by atoms with Crippen LogP contribution in [-0.2, 0) is 20.6 Å². The van der Waals surface area contributed by atoms with E-state index in [2.05, 4.69) is 11.9 Å². The van der Waals surface area contributed by atoms with E-state index in [0.717, 1.165) is 38.2 Å².